The fourth-order valence-electron chi connectivity index (χ4n) is 4.70. The maximum absolute atomic E-state index is 13.4. The standard InChI is InChI=1S/C26H23FN2O4/c27-19-10-6-18(7-11-19)24(30)22-23(17-4-2-1-3-5-17)29(26(32)25(22)31)20-12-8-16(9-13-20)21-14-15-33-28-21/h6-15,17,31-32H,1-5H2. The second kappa shape index (κ2) is 8.58. The Morgan fingerprint density at radius 3 is 2.30 bits per heavy atom. The molecule has 0 atom stereocenters. The lowest BCUT2D eigenvalue weighted by Crippen LogP contribution is -2.14. The van der Waals surface area contributed by atoms with Gasteiger partial charge in [0.1, 0.15) is 17.8 Å². The number of carbonyl (C=O) groups is 1. The lowest BCUT2D eigenvalue weighted by molar-refractivity contribution is 0.103. The number of aromatic hydroxyl groups is 2. The number of rotatable bonds is 5. The number of carbonyl (C=O) groups excluding carboxylic acids is 1. The number of hydrogen-bond acceptors (Lipinski definition) is 5. The van der Waals surface area contributed by atoms with E-state index in [1.807, 2.05) is 24.3 Å². The van der Waals surface area contributed by atoms with E-state index in [9.17, 15) is 19.4 Å². The molecule has 4 aromatic rings. The minimum Gasteiger partial charge on any atom is -0.503 e. The van der Waals surface area contributed by atoms with Gasteiger partial charge in [-0.1, -0.05) is 36.6 Å². The summed E-state index contributed by atoms with van der Waals surface area (Å²) in [6, 6.07) is 14.3. The van der Waals surface area contributed by atoms with Crippen molar-refractivity contribution >= 4 is 5.78 Å². The first-order chi connectivity index (χ1) is 16.0. The van der Waals surface area contributed by atoms with E-state index in [-0.39, 0.29) is 22.9 Å². The fraction of sp³-hybridized carbons (Fsp3) is 0.231. The summed E-state index contributed by atoms with van der Waals surface area (Å²) in [5.74, 6) is -1.72. The van der Waals surface area contributed by atoms with E-state index in [2.05, 4.69) is 5.16 Å². The van der Waals surface area contributed by atoms with E-state index in [0.717, 1.165) is 37.7 Å². The van der Waals surface area contributed by atoms with Crippen molar-refractivity contribution in [3.05, 3.63) is 83.5 Å². The fourth-order valence-corrected chi connectivity index (χ4v) is 4.70. The summed E-state index contributed by atoms with van der Waals surface area (Å²) >= 11 is 0. The van der Waals surface area contributed by atoms with Crippen molar-refractivity contribution in [1.82, 2.24) is 9.72 Å². The van der Waals surface area contributed by atoms with Crippen molar-refractivity contribution in [3.8, 4) is 28.6 Å². The Bertz CT molecular complexity index is 1270. The maximum atomic E-state index is 13.4. The van der Waals surface area contributed by atoms with Crippen LogP contribution in [0.4, 0.5) is 4.39 Å². The van der Waals surface area contributed by atoms with Gasteiger partial charge in [-0.15, -0.1) is 0 Å². The maximum Gasteiger partial charge on any atom is 0.240 e. The van der Waals surface area contributed by atoms with Crippen molar-refractivity contribution < 1.29 is 23.9 Å². The highest BCUT2D eigenvalue weighted by Gasteiger charge is 2.33. The minimum absolute atomic E-state index is 0.000153. The first-order valence-corrected chi connectivity index (χ1v) is 11.0. The predicted octanol–water partition coefficient (Wildman–Crippen LogP) is 5.96. The zero-order chi connectivity index (χ0) is 22.9. The van der Waals surface area contributed by atoms with E-state index in [1.54, 1.807) is 10.6 Å². The van der Waals surface area contributed by atoms with Crippen LogP contribution in [0.25, 0.3) is 16.9 Å². The Morgan fingerprint density at radius 1 is 0.970 bits per heavy atom. The molecule has 1 aliphatic rings. The largest absolute Gasteiger partial charge is 0.503 e. The van der Waals surface area contributed by atoms with Gasteiger partial charge in [0, 0.05) is 34.5 Å². The van der Waals surface area contributed by atoms with Crippen LogP contribution >= 0.6 is 0 Å². The second-order valence-corrected chi connectivity index (χ2v) is 8.37. The summed E-state index contributed by atoms with van der Waals surface area (Å²) < 4.78 is 19.9. The first kappa shape index (κ1) is 21.0. The molecule has 0 spiro atoms. The quantitative estimate of drug-likeness (QED) is 0.369. The Hall–Kier alpha value is -3.87. The molecule has 2 N–H and O–H groups in total. The third-order valence-electron chi connectivity index (χ3n) is 6.34. The highest BCUT2D eigenvalue weighted by atomic mass is 19.1. The lowest BCUT2D eigenvalue weighted by Gasteiger charge is -2.25. The molecule has 0 unspecified atom stereocenters. The van der Waals surface area contributed by atoms with Crippen molar-refractivity contribution in [2.75, 3.05) is 0 Å². The summed E-state index contributed by atoms with van der Waals surface area (Å²) in [4.78, 5) is 13.4. The van der Waals surface area contributed by atoms with Gasteiger partial charge in [-0.2, -0.15) is 0 Å². The van der Waals surface area contributed by atoms with Crippen LogP contribution in [-0.4, -0.2) is 25.7 Å². The van der Waals surface area contributed by atoms with Gasteiger partial charge in [-0.25, -0.2) is 4.39 Å². The number of ketones is 1. The molecule has 33 heavy (non-hydrogen) atoms. The molecule has 2 aromatic heterocycles. The van der Waals surface area contributed by atoms with Gasteiger partial charge in [-0.3, -0.25) is 9.36 Å². The molecule has 5 rings (SSSR count). The molecule has 2 heterocycles. The molecular formula is C26H23FN2O4. The second-order valence-electron chi connectivity index (χ2n) is 8.37. The SMILES string of the molecule is O=C(c1ccc(F)cc1)c1c(O)c(O)n(-c2ccc(-c3ccon3)cc2)c1C1CCCCC1. The van der Waals surface area contributed by atoms with Crippen molar-refractivity contribution in [2.45, 2.75) is 38.0 Å². The van der Waals surface area contributed by atoms with Gasteiger partial charge in [0.15, 0.2) is 11.5 Å². The van der Waals surface area contributed by atoms with Crippen LogP contribution in [-0.2, 0) is 0 Å². The van der Waals surface area contributed by atoms with E-state index in [0.29, 0.717) is 17.1 Å². The molecule has 1 fully saturated rings. The molecule has 7 heteroatoms. The summed E-state index contributed by atoms with van der Waals surface area (Å²) in [7, 11) is 0. The smallest absolute Gasteiger partial charge is 0.240 e. The molecule has 0 amide bonds. The lowest BCUT2D eigenvalue weighted by atomic mass is 9.84. The molecule has 0 bridgehead atoms. The van der Waals surface area contributed by atoms with Crippen molar-refractivity contribution in [3.63, 3.8) is 0 Å². The van der Waals surface area contributed by atoms with E-state index < -0.39 is 17.3 Å². The monoisotopic (exact) mass is 446 g/mol. The number of benzene rings is 2. The highest BCUT2D eigenvalue weighted by Crippen LogP contribution is 2.46. The summed E-state index contributed by atoms with van der Waals surface area (Å²) in [6.45, 7) is 0. The highest BCUT2D eigenvalue weighted by molar-refractivity contribution is 6.12. The van der Waals surface area contributed by atoms with Crippen LogP contribution < -0.4 is 0 Å². The Morgan fingerprint density at radius 2 is 1.67 bits per heavy atom. The van der Waals surface area contributed by atoms with Crippen LogP contribution in [0.1, 0.15) is 59.6 Å². The average Bonchev–Trinajstić information content (AvgIpc) is 3.47. The van der Waals surface area contributed by atoms with Gasteiger partial charge < -0.3 is 14.7 Å². The van der Waals surface area contributed by atoms with Gasteiger partial charge in [0.05, 0.1) is 5.56 Å². The van der Waals surface area contributed by atoms with Gasteiger partial charge in [-0.05, 0) is 49.2 Å². The Kier molecular flexibility index (Phi) is 5.46. The van der Waals surface area contributed by atoms with E-state index in [4.69, 9.17) is 4.52 Å². The van der Waals surface area contributed by atoms with Gasteiger partial charge in [0.25, 0.3) is 0 Å². The summed E-state index contributed by atoms with van der Waals surface area (Å²) in [5.41, 5.74) is 3.06. The summed E-state index contributed by atoms with van der Waals surface area (Å²) in [5, 5.41) is 25.8. The molecule has 1 saturated carbocycles. The molecule has 0 saturated heterocycles. The van der Waals surface area contributed by atoms with Crippen molar-refractivity contribution in [1.29, 1.82) is 0 Å². The number of halogens is 1. The zero-order valence-electron chi connectivity index (χ0n) is 17.9. The van der Waals surface area contributed by atoms with E-state index in [1.165, 1.54) is 30.5 Å². The number of aromatic nitrogens is 2. The molecule has 0 aliphatic heterocycles. The van der Waals surface area contributed by atoms with Gasteiger partial charge in [0.2, 0.25) is 5.88 Å². The molecule has 2 aromatic carbocycles. The molecule has 0 radical (unpaired) electrons. The van der Waals surface area contributed by atoms with Crippen LogP contribution in [0.2, 0.25) is 0 Å². The minimum atomic E-state index is -0.453. The number of hydrogen-bond donors (Lipinski definition) is 2. The third kappa shape index (κ3) is 3.80. The molecule has 168 valence electrons. The molecule has 6 nitrogen and oxygen atoms in total. The average molecular weight is 446 g/mol. The molecular weight excluding hydrogens is 423 g/mol. The van der Waals surface area contributed by atoms with Crippen LogP contribution in [0.5, 0.6) is 11.6 Å². The van der Waals surface area contributed by atoms with Gasteiger partial charge >= 0.3 is 0 Å². The summed E-state index contributed by atoms with van der Waals surface area (Å²) in [6.07, 6.45) is 6.32. The van der Waals surface area contributed by atoms with Crippen LogP contribution in [0.3, 0.4) is 0 Å². The predicted molar refractivity (Wildman–Crippen MR) is 120 cm³/mol. The topological polar surface area (TPSA) is 88.5 Å². The Balaban J connectivity index is 1.65. The zero-order valence-corrected chi connectivity index (χ0v) is 17.9. The first-order valence-electron chi connectivity index (χ1n) is 11.0. The van der Waals surface area contributed by atoms with E-state index >= 15 is 0 Å². The van der Waals surface area contributed by atoms with Crippen molar-refractivity contribution in [2.24, 2.45) is 0 Å². The third-order valence-corrected chi connectivity index (χ3v) is 6.34. The van der Waals surface area contributed by atoms with Crippen LogP contribution in [0.15, 0.2) is 65.4 Å². The van der Waals surface area contributed by atoms with Crippen LogP contribution in [0, 0.1) is 5.82 Å². The molecule has 1 aliphatic carbocycles. The number of nitrogens with zero attached hydrogens (tertiary/aromatic N) is 2. The normalized spacial score (nSPS) is 14.5. The Labute approximate surface area is 189 Å².